The van der Waals surface area contributed by atoms with Crippen LogP contribution in [0.1, 0.15) is 53.6 Å². The van der Waals surface area contributed by atoms with Crippen LogP contribution in [0.25, 0.3) is 11.0 Å². The lowest BCUT2D eigenvalue weighted by Crippen LogP contribution is -2.30. The molecule has 0 bridgehead atoms. The Kier molecular flexibility index (Phi) is 4.67. The molecule has 3 aromatic rings. The van der Waals surface area contributed by atoms with Gasteiger partial charge in [0.1, 0.15) is 11.3 Å². The van der Waals surface area contributed by atoms with Gasteiger partial charge in [-0.05, 0) is 50.1 Å². The molecule has 1 aliphatic rings. The lowest BCUT2D eigenvalue weighted by molar-refractivity contribution is 0.0728. The zero-order valence-corrected chi connectivity index (χ0v) is 16.3. The van der Waals surface area contributed by atoms with E-state index in [-0.39, 0.29) is 17.1 Å². The summed E-state index contributed by atoms with van der Waals surface area (Å²) in [5.74, 6) is 0.642. The minimum atomic E-state index is -0.469. The number of hydrogen-bond donors (Lipinski definition) is 0. The summed E-state index contributed by atoms with van der Waals surface area (Å²) in [5, 5.41) is 0.510. The van der Waals surface area contributed by atoms with Crippen molar-refractivity contribution in [2.75, 3.05) is 13.2 Å². The van der Waals surface area contributed by atoms with Gasteiger partial charge in [-0.3, -0.25) is 9.59 Å². The van der Waals surface area contributed by atoms with Gasteiger partial charge in [-0.15, -0.1) is 0 Å². The van der Waals surface area contributed by atoms with Crippen molar-refractivity contribution < 1.29 is 13.9 Å². The first-order valence-corrected chi connectivity index (χ1v) is 9.66. The Hall–Kier alpha value is -3.08. The third-order valence-electron chi connectivity index (χ3n) is 5.07. The number of hydrogen-bond acceptors (Lipinski definition) is 4. The Balaban J connectivity index is 1.97. The molecule has 2 aromatic carbocycles. The van der Waals surface area contributed by atoms with Crippen LogP contribution < -0.4 is 10.2 Å². The average Bonchev–Trinajstić information content (AvgIpc) is 2.96. The minimum absolute atomic E-state index is 0.140. The number of benzene rings is 2. The Morgan fingerprint density at radius 3 is 2.68 bits per heavy atom. The van der Waals surface area contributed by atoms with Crippen molar-refractivity contribution in [3.05, 3.63) is 75.1 Å². The predicted molar refractivity (Wildman–Crippen MR) is 108 cm³/mol. The zero-order chi connectivity index (χ0) is 19.8. The maximum atomic E-state index is 13.4. The van der Waals surface area contributed by atoms with E-state index in [1.54, 1.807) is 11.0 Å². The second-order valence-electron chi connectivity index (χ2n) is 7.08. The largest absolute Gasteiger partial charge is 0.494 e. The summed E-state index contributed by atoms with van der Waals surface area (Å²) in [7, 11) is 0. The third-order valence-corrected chi connectivity index (χ3v) is 5.07. The van der Waals surface area contributed by atoms with Gasteiger partial charge < -0.3 is 14.1 Å². The van der Waals surface area contributed by atoms with Crippen molar-refractivity contribution in [3.63, 3.8) is 0 Å². The van der Waals surface area contributed by atoms with Gasteiger partial charge in [0.15, 0.2) is 5.43 Å². The average molecular weight is 377 g/mol. The third kappa shape index (κ3) is 2.87. The van der Waals surface area contributed by atoms with Crippen molar-refractivity contribution in [2.45, 2.75) is 33.2 Å². The highest BCUT2D eigenvalue weighted by molar-refractivity contribution is 5.99. The van der Waals surface area contributed by atoms with Crippen LogP contribution in [0.5, 0.6) is 5.75 Å². The van der Waals surface area contributed by atoms with Crippen molar-refractivity contribution in [1.82, 2.24) is 4.90 Å². The summed E-state index contributed by atoms with van der Waals surface area (Å²) in [6.45, 7) is 6.96. The van der Waals surface area contributed by atoms with E-state index in [2.05, 4.69) is 0 Å². The van der Waals surface area contributed by atoms with Crippen LogP contribution >= 0.6 is 0 Å². The summed E-state index contributed by atoms with van der Waals surface area (Å²) in [4.78, 5) is 28.2. The maximum absolute atomic E-state index is 13.4. The summed E-state index contributed by atoms with van der Waals surface area (Å²) < 4.78 is 11.6. The fourth-order valence-electron chi connectivity index (χ4n) is 3.89. The highest BCUT2D eigenvalue weighted by atomic mass is 16.5. The normalized spacial score (nSPS) is 15.9. The molecule has 0 saturated heterocycles. The van der Waals surface area contributed by atoms with Gasteiger partial charge in [0.25, 0.3) is 5.91 Å². The number of carbonyl (C=O) groups excluding carboxylic acids is 1. The number of nitrogens with zero attached hydrogens (tertiary/aromatic N) is 1. The van der Waals surface area contributed by atoms with E-state index in [1.807, 2.05) is 57.2 Å². The van der Waals surface area contributed by atoms with Crippen molar-refractivity contribution in [3.8, 4) is 5.75 Å². The van der Waals surface area contributed by atoms with Crippen LogP contribution in [-0.4, -0.2) is 24.0 Å². The monoisotopic (exact) mass is 377 g/mol. The zero-order valence-electron chi connectivity index (χ0n) is 16.3. The van der Waals surface area contributed by atoms with Gasteiger partial charge in [0.05, 0.1) is 23.6 Å². The smallest absolute Gasteiger partial charge is 0.290 e. The summed E-state index contributed by atoms with van der Waals surface area (Å²) in [5.41, 5.74) is 2.56. The first kappa shape index (κ1) is 18.3. The molecule has 1 aromatic heterocycles. The first-order valence-electron chi connectivity index (χ1n) is 9.66. The quantitative estimate of drug-likeness (QED) is 0.659. The number of fused-ring (bicyclic) bond motifs is 2. The van der Waals surface area contributed by atoms with Crippen LogP contribution in [0.15, 0.2) is 51.7 Å². The van der Waals surface area contributed by atoms with Crippen molar-refractivity contribution >= 4 is 16.9 Å². The lowest BCUT2D eigenvalue weighted by Gasteiger charge is -2.25. The van der Waals surface area contributed by atoms with E-state index in [0.717, 1.165) is 23.3 Å². The van der Waals surface area contributed by atoms with Crippen LogP contribution in [0.3, 0.4) is 0 Å². The van der Waals surface area contributed by atoms with Crippen molar-refractivity contribution in [1.29, 1.82) is 0 Å². The number of rotatable bonds is 5. The molecule has 0 N–H and O–H groups in total. The molecule has 0 saturated carbocycles. The standard InChI is InChI=1S/C23H23NO4/c1-4-11-24-20(15-7-6-8-16(13-15)27-5-2)19-21(25)17-12-14(3)9-10-18(17)28-22(19)23(24)26/h6-10,12-13,20H,4-5,11H2,1-3H3. The van der Waals surface area contributed by atoms with Crippen LogP contribution in [0.2, 0.25) is 0 Å². The van der Waals surface area contributed by atoms with Gasteiger partial charge in [-0.1, -0.05) is 30.7 Å². The van der Waals surface area contributed by atoms with Gasteiger partial charge in [-0.2, -0.15) is 0 Å². The second-order valence-corrected chi connectivity index (χ2v) is 7.08. The molecular formula is C23H23NO4. The van der Waals surface area contributed by atoms with Crippen LogP contribution in [0, 0.1) is 6.92 Å². The molecular weight excluding hydrogens is 354 g/mol. The molecule has 5 heteroatoms. The second kappa shape index (κ2) is 7.15. The Labute approximate surface area is 163 Å². The molecule has 1 amide bonds. The molecule has 1 atom stereocenters. The highest BCUT2D eigenvalue weighted by Gasteiger charge is 2.42. The Morgan fingerprint density at radius 1 is 1.11 bits per heavy atom. The topological polar surface area (TPSA) is 59.8 Å². The Bertz CT molecular complexity index is 1120. The summed E-state index contributed by atoms with van der Waals surface area (Å²) in [6.07, 6.45) is 0.786. The maximum Gasteiger partial charge on any atom is 0.290 e. The molecule has 2 heterocycles. The molecule has 28 heavy (non-hydrogen) atoms. The molecule has 5 nitrogen and oxygen atoms in total. The Morgan fingerprint density at radius 2 is 1.93 bits per heavy atom. The first-order chi connectivity index (χ1) is 13.5. The molecule has 144 valence electrons. The van der Waals surface area contributed by atoms with Crippen LogP contribution in [0.4, 0.5) is 0 Å². The predicted octanol–water partition coefficient (Wildman–Crippen LogP) is 4.46. The number of amides is 1. The fraction of sp³-hybridized carbons (Fsp3) is 0.304. The van der Waals surface area contributed by atoms with E-state index < -0.39 is 6.04 Å². The van der Waals surface area contributed by atoms with Gasteiger partial charge in [-0.25, -0.2) is 0 Å². The van der Waals surface area contributed by atoms with E-state index in [1.165, 1.54) is 0 Å². The van der Waals surface area contributed by atoms with E-state index in [0.29, 0.717) is 29.7 Å². The molecule has 1 aliphatic heterocycles. The number of ether oxygens (including phenoxy) is 1. The molecule has 4 rings (SSSR count). The molecule has 0 aliphatic carbocycles. The minimum Gasteiger partial charge on any atom is -0.494 e. The van der Waals surface area contributed by atoms with Gasteiger partial charge in [0, 0.05) is 6.54 Å². The molecule has 1 unspecified atom stereocenters. The fourth-order valence-corrected chi connectivity index (χ4v) is 3.89. The summed E-state index contributed by atoms with van der Waals surface area (Å²) in [6, 6.07) is 12.6. The SMILES string of the molecule is CCCN1C(=O)c2oc3ccc(C)cc3c(=O)c2C1c1cccc(OCC)c1. The molecule has 0 spiro atoms. The highest BCUT2D eigenvalue weighted by Crippen LogP contribution is 2.39. The van der Waals surface area contributed by atoms with E-state index in [4.69, 9.17) is 9.15 Å². The number of carbonyl (C=O) groups is 1. The summed E-state index contributed by atoms with van der Waals surface area (Å²) >= 11 is 0. The van der Waals surface area contributed by atoms with Gasteiger partial charge in [0.2, 0.25) is 5.76 Å². The van der Waals surface area contributed by atoms with Crippen LogP contribution in [-0.2, 0) is 0 Å². The van der Waals surface area contributed by atoms with Crippen molar-refractivity contribution in [2.24, 2.45) is 0 Å². The van der Waals surface area contributed by atoms with E-state index >= 15 is 0 Å². The molecule has 0 radical (unpaired) electrons. The van der Waals surface area contributed by atoms with Gasteiger partial charge >= 0.3 is 0 Å². The lowest BCUT2D eigenvalue weighted by atomic mass is 9.98. The number of aryl methyl sites for hydroxylation is 1. The van der Waals surface area contributed by atoms with E-state index in [9.17, 15) is 9.59 Å². The molecule has 0 fully saturated rings.